The van der Waals surface area contributed by atoms with Gasteiger partial charge in [0.05, 0.1) is 30.9 Å². The van der Waals surface area contributed by atoms with Crippen molar-refractivity contribution in [2.75, 3.05) is 6.61 Å². The first-order valence-electron chi connectivity index (χ1n) is 7.51. The van der Waals surface area contributed by atoms with Gasteiger partial charge in [-0.1, -0.05) is 23.4 Å². The Morgan fingerprint density at radius 2 is 2.30 bits per heavy atom. The van der Waals surface area contributed by atoms with Crippen LogP contribution in [-0.4, -0.2) is 43.8 Å². The van der Waals surface area contributed by atoms with Crippen LogP contribution < -0.4 is 5.32 Å². The molecule has 1 aliphatic rings. The van der Waals surface area contributed by atoms with E-state index in [1.54, 1.807) is 4.68 Å². The smallest absolute Gasteiger partial charge is 0.272 e. The van der Waals surface area contributed by atoms with E-state index in [9.17, 15) is 4.79 Å². The summed E-state index contributed by atoms with van der Waals surface area (Å²) in [5.41, 5.74) is 1.93. The maximum Gasteiger partial charge on any atom is 0.272 e. The topological polar surface area (TPSA) is 97.7 Å². The number of carbonyl (C=O) groups excluding carboxylic acids is 1. The van der Waals surface area contributed by atoms with Crippen LogP contribution >= 0.6 is 0 Å². The van der Waals surface area contributed by atoms with E-state index in [0.29, 0.717) is 24.5 Å². The van der Waals surface area contributed by atoms with Gasteiger partial charge in [-0.05, 0) is 12.5 Å². The molecule has 0 bridgehead atoms. The van der Waals surface area contributed by atoms with Gasteiger partial charge in [-0.25, -0.2) is 4.68 Å². The van der Waals surface area contributed by atoms with Crippen LogP contribution in [0.2, 0.25) is 0 Å². The van der Waals surface area contributed by atoms with Gasteiger partial charge in [-0.15, -0.1) is 5.10 Å². The van der Waals surface area contributed by atoms with Crippen LogP contribution in [0, 0.1) is 0 Å². The minimum absolute atomic E-state index is 0.231. The summed E-state index contributed by atoms with van der Waals surface area (Å²) >= 11 is 0. The molecule has 1 unspecified atom stereocenters. The summed E-state index contributed by atoms with van der Waals surface area (Å²) in [4.78, 5) is 12.3. The summed E-state index contributed by atoms with van der Waals surface area (Å²) in [5, 5.41) is 18.6. The van der Waals surface area contributed by atoms with Gasteiger partial charge in [0.15, 0.2) is 5.69 Å². The molecule has 2 aromatic heterocycles. The summed E-state index contributed by atoms with van der Waals surface area (Å²) in [5.74, 6) is -0.237. The van der Waals surface area contributed by atoms with Crippen molar-refractivity contribution in [3.8, 4) is 0 Å². The molecule has 0 spiro atoms. The van der Waals surface area contributed by atoms with Crippen molar-refractivity contribution in [3.05, 3.63) is 41.9 Å². The first kappa shape index (κ1) is 13.9. The van der Waals surface area contributed by atoms with Crippen LogP contribution in [0.4, 0.5) is 0 Å². The van der Waals surface area contributed by atoms with Crippen LogP contribution in [0.25, 0.3) is 10.9 Å². The second-order valence-electron chi connectivity index (χ2n) is 5.51. The predicted molar refractivity (Wildman–Crippen MR) is 81.6 cm³/mol. The lowest BCUT2D eigenvalue weighted by Crippen LogP contribution is -2.31. The monoisotopic (exact) mass is 312 g/mol. The van der Waals surface area contributed by atoms with Gasteiger partial charge < -0.3 is 10.1 Å². The van der Waals surface area contributed by atoms with Crippen LogP contribution in [0.3, 0.4) is 0 Å². The molecule has 23 heavy (non-hydrogen) atoms. The third kappa shape index (κ3) is 2.80. The molecule has 1 amide bonds. The Morgan fingerprint density at radius 1 is 1.43 bits per heavy atom. The normalized spacial score (nSPS) is 17.1. The second-order valence-corrected chi connectivity index (χ2v) is 5.51. The highest BCUT2D eigenvalue weighted by atomic mass is 16.5. The standard InChI is InChI=1S/C15H16N6O2/c22-15(14-12-3-1-2-4-13(12)18-19-14)16-7-10-8-21(20-17-10)9-11-5-6-23-11/h1-4,8,11H,5-7,9H2,(H,16,22)(H,18,19). The fourth-order valence-electron chi connectivity index (χ4n) is 2.54. The molecule has 1 aliphatic heterocycles. The van der Waals surface area contributed by atoms with E-state index in [1.165, 1.54) is 0 Å². The van der Waals surface area contributed by atoms with Crippen molar-refractivity contribution in [2.24, 2.45) is 0 Å². The van der Waals surface area contributed by atoms with E-state index in [4.69, 9.17) is 4.74 Å². The number of benzene rings is 1. The molecule has 0 radical (unpaired) electrons. The number of fused-ring (bicyclic) bond motifs is 1. The van der Waals surface area contributed by atoms with Crippen molar-refractivity contribution >= 4 is 16.8 Å². The third-order valence-corrected chi connectivity index (χ3v) is 3.89. The summed E-state index contributed by atoms with van der Waals surface area (Å²) < 4.78 is 7.11. The van der Waals surface area contributed by atoms with Crippen LogP contribution in [0.5, 0.6) is 0 Å². The first-order valence-corrected chi connectivity index (χ1v) is 7.51. The molecule has 1 atom stereocenters. The SMILES string of the molecule is O=C(NCc1cn(CC2CCO2)nn1)c1n[nH]c2ccccc12. The van der Waals surface area contributed by atoms with Crippen molar-refractivity contribution in [2.45, 2.75) is 25.6 Å². The molecule has 118 valence electrons. The molecule has 1 aromatic carbocycles. The van der Waals surface area contributed by atoms with Crippen molar-refractivity contribution in [1.29, 1.82) is 0 Å². The zero-order chi connectivity index (χ0) is 15.6. The van der Waals surface area contributed by atoms with Gasteiger partial charge >= 0.3 is 0 Å². The molecule has 8 nitrogen and oxygen atoms in total. The highest BCUT2D eigenvalue weighted by molar-refractivity contribution is 6.04. The Hall–Kier alpha value is -2.74. The summed E-state index contributed by atoms with van der Waals surface area (Å²) in [6.07, 6.45) is 3.11. The number of aromatic nitrogens is 5. The largest absolute Gasteiger partial charge is 0.376 e. The van der Waals surface area contributed by atoms with Gasteiger partial charge in [-0.3, -0.25) is 9.89 Å². The average molecular weight is 312 g/mol. The Bertz CT molecular complexity index is 835. The number of rotatable bonds is 5. The molecule has 2 N–H and O–H groups in total. The lowest BCUT2D eigenvalue weighted by molar-refractivity contribution is -0.0611. The molecule has 1 fully saturated rings. The average Bonchev–Trinajstić information content (AvgIpc) is 3.15. The minimum Gasteiger partial charge on any atom is -0.376 e. The molecule has 4 rings (SSSR count). The number of para-hydroxylation sites is 1. The van der Waals surface area contributed by atoms with E-state index >= 15 is 0 Å². The quantitative estimate of drug-likeness (QED) is 0.728. The summed E-state index contributed by atoms with van der Waals surface area (Å²) in [6, 6.07) is 7.52. The molecule has 8 heteroatoms. The summed E-state index contributed by atoms with van der Waals surface area (Å²) in [6.45, 7) is 1.83. The Balaban J connectivity index is 1.39. The number of carbonyl (C=O) groups is 1. The number of ether oxygens (including phenoxy) is 1. The Morgan fingerprint density at radius 3 is 3.13 bits per heavy atom. The fraction of sp³-hybridized carbons (Fsp3) is 0.333. The number of nitrogens with one attached hydrogen (secondary N) is 2. The van der Waals surface area contributed by atoms with Crippen LogP contribution in [-0.2, 0) is 17.8 Å². The fourth-order valence-corrected chi connectivity index (χ4v) is 2.54. The second kappa shape index (κ2) is 5.81. The van der Waals surface area contributed by atoms with Crippen LogP contribution in [0.1, 0.15) is 22.6 Å². The molecule has 0 saturated carbocycles. The molecule has 3 aromatic rings. The third-order valence-electron chi connectivity index (χ3n) is 3.89. The maximum absolute atomic E-state index is 12.3. The number of aromatic amines is 1. The molecular formula is C15H16N6O2. The van der Waals surface area contributed by atoms with Crippen molar-refractivity contribution < 1.29 is 9.53 Å². The van der Waals surface area contributed by atoms with Crippen molar-refractivity contribution in [3.63, 3.8) is 0 Å². The predicted octanol–water partition coefficient (Wildman–Crippen LogP) is 0.873. The van der Waals surface area contributed by atoms with E-state index in [-0.39, 0.29) is 12.0 Å². The van der Waals surface area contributed by atoms with Crippen molar-refractivity contribution in [1.82, 2.24) is 30.5 Å². The Labute approximate surface area is 131 Å². The lowest BCUT2D eigenvalue weighted by atomic mass is 10.2. The number of hydrogen-bond donors (Lipinski definition) is 2. The molecule has 0 aliphatic carbocycles. The first-order chi connectivity index (χ1) is 11.3. The zero-order valence-electron chi connectivity index (χ0n) is 12.4. The van der Waals surface area contributed by atoms with E-state index in [2.05, 4.69) is 25.8 Å². The highest BCUT2D eigenvalue weighted by Gasteiger charge is 2.19. The van der Waals surface area contributed by atoms with Crippen LogP contribution in [0.15, 0.2) is 30.5 Å². The van der Waals surface area contributed by atoms with Gasteiger partial charge in [0.1, 0.15) is 5.69 Å². The van der Waals surface area contributed by atoms with E-state index in [0.717, 1.165) is 23.9 Å². The zero-order valence-corrected chi connectivity index (χ0v) is 12.4. The van der Waals surface area contributed by atoms with Gasteiger partial charge in [-0.2, -0.15) is 5.10 Å². The Kier molecular flexibility index (Phi) is 3.51. The number of nitrogens with zero attached hydrogens (tertiary/aromatic N) is 4. The summed E-state index contributed by atoms with van der Waals surface area (Å²) in [7, 11) is 0. The van der Waals surface area contributed by atoms with Gasteiger partial charge in [0.25, 0.3) is 5.91 Å². The highest BCUT2D eigenvalue weighted by Crippen LogP contribution is 2.15. The van der Waals surface area contributed by atoms with E-state index in [1.807, 2.05) is 30.5 Å². The van der Waals surface area contributed by atoms with E-state index < -0.39 is 0 Å². The number of amides is 1. The minimum atomic E-state index is -0.237. The lowest BCUT2D eigenvalue weighted by Gasteiger charge is -2.25. The molecule has 3 heterocycles. The maximum atomic E-state index is 12.3. The number of hydrogen-bond acceptors (Lipinski definition) is 5. The molecular weight excluding hydrogens is 296 g/mol. The molecule has 1 saturated heterocycles. The number of H-pyrrole nitrogens is 1. The van der Waals surface area contributed by atoms with Gasteiger partial charge in [0.2, 0.25) is 0 Å². The van der Waals surface area contributed by atoms with Gasteiger partial charge in [0, 0.05) is 12.0 Å².